The third-order valence-electron chi connectivity index (χ3n) is 10.4. The number of amides is 1. The number of methoxy groups -OCH3 is 2. The number of fused-ring (bicyclic) bond motifs is 8. The predicted molar refractivity (Wildman–Crippen MR) is 202 cm³/mol. The van der Waals surface area contributed by atoms with E-state index < -0.39 is 54.6 Å². The van der Waals surface area contributed by atoms with E-state index >= 15 is 0 Å². The predicted octanol–water partition coefficient (Wildman–Crippen LogP) is 5.67. The molecule has 54 heavy (non-hydrogen) atoms. The summed E-state index contributed by atoms with van der Waals surface area (Å²) in [4.78, 5) is 80.4. The number of carboxylic acids is 2. The van der Waals surface area contributed by atoms with Gasteiger partial charge in [-0.25, -0.2) is 14.6 Å². The molecule has 0 saturated heterocycles. The molecular weight excluding hydrogens is 694 g/mol. The number of aromatic nitrogens is 4. The first-order valence-corrected chi connectivity index (χ1v) is 17.6. The van der Waals surface area contributed by atoms with Crippen molar-refractivity contribution in [3.05, 3.63) is 75.4 Å². The van der Waals surface area contributed by atoms with Crippen molar-refractivity contribution in [1.82, 2.24) is 25.3 Å². The minimum absolute atomic E-state index is 0.0165. The van der Waals surface area contributed by atoms with Crippen LogP contribution in [0.2, 0.25) is 0 Å². The second kappa shape index (κ2) is 15.9. The molecule has 0 saturated carbocycles. The van der Waals surface area contributed by atoms with Crippen molar-refractivity contribution in [2.45, 2.75) is 84.6 Å². The number of aromatic amines is 2. The second-order valence-corrected chi connectivity index (χ2v) is 13.5. The molecule has 5 rings (SSSR count). The quantitative estimate of drug-likeness (QED) is 0.143. The Morgan fingerprint density at radius 3 is 2.24 bits per heavy atom. The Morgan fingerprint density at radius 2 is 1.63 bits per heavy atom. The zero-order valence-corrected chi connectivity index (χ0v) is 31.4. The molecule has 14 nitrogen and oxygen atoms in total. The van der Waals surface area contributed by atoms with Crippen molar-refractivity contribution in [3.63, 3.8) is 0 Å². The molecule has 284 valence electrons. The summed E-state index contributed by atoms with van der Waals surface area (Å²) in [7, 11) is 2.53. The molecule has 0 unspecified atom stereocenters. The van der Waals surface area contributed by atoms with Gasteiger partial charge in [0.2, 0.25) is 5.91 Å². The van der Waals surface area contributed by atoms with Gasteiger partial charge in [0.05, 0.1) is 49.7 Å². The molecule has 3 atom stereocenters. The molecule has 0 spiro atoms. The van der Waals surface area contributed by atoms with Crippen molar-refractivity contribution >= 4 is 69.1 Å². The highest BCUT2D eigenvalue weighted by Gasteiger charge is 2.36. The van der Waals surface area contributed by atoms with Crippen LogP contribution in [0.15, 0.2) is 24.8 Å². The van der Waals surface area contributed by atoms with E-state index in [9.17, 15) is 34.2 Å². The van der Waals surface area contributed by atoms with E-state index in [1.807, 2.05) is 45.9 Å². The Kier molecular flexibility index (Phi) is 11.5. The van der Waals surface area contributed by atoms with E-state index in [0.717, 1.165) is 44.3 Å². The number of aryl methyl sites for hydroxylation is 3. The second-order valence-electron chi connectivity index (χ2n) is 13.5. The third kappa shape index (κ3) is 7.54. The first-order chi connectivity index (χ1) is 25.6. The fourth-order valence-electron chi connectivity index (χ4n) is 7.34. The molecular formula is C40H45N5O9. The van der Waals surface area contributed by atoms with Crippen LogP contribution >= 0.6 is 0 Å². The van der Waals surface area contributed by atoms with Gasteiger partial charge in [-0.2, -0.15) is 0 Å². The third-order valence-corrected chi connectivity index (χ3v) is 10.4. The van der Waals surface area contributed by atoms with Crippen LogP contribution in [0.5, 0.6) is 0 Å². The normalized spacial score (nSPS) is 15.8. The lowest BCUT2D eigenvalue weighted by Crippen LogP contribution is -2.43. The lowest BCUT2D eigenvalue weighted by atomic mass is 9.84. The van der Waals surface area contributed by atoms with Gasteiger partial charge >= 0.3 is 23.9 Å². The van der Waals surface area contributed by atoms with Crippen molar-refractivity contribution in [2.24, 2.45) is 0 Å². The monoisotopic (exact) mass is 739 g/mol. The van der Waals surface area contributed by atoms with Crippen molar-refractivity contribution in [1.29, 1.82) is 0 Å². The maximum Gasteiger partial charge on any atom is 0.340 e. The highest BCUT2D eigenvalue weighted by molar-refractivity contribution is 6.25. The number of H-pyrrole nitrogens is 2. The largest absolute Gasteiger partial charge is 0.481 e. The lowest BCUT2D eigenvalue weighted by Gasteiger charge is -2.19. The number of rotatable bonds is 12. The molecule has 3 aromatic rings. The zero-order valence-electron chi connectivity index (χ0n) is 31.4. The molecule has 2 aliphatic heterocycles. The average Bonchev–Trinajstić information content (AvgIpc) is 3.81. The van der Waals surface area contributed by atoms with Crippen molar-refractivity contribution in [3.8, 4) is 0 Å². The molecule has 2 aliphatic rings. The molecule has 0 radical (unpaired) electrons. The van der Waals surface area contributed by atoms with Crippen LogP contribution in [0.25, 0.3) is 39.3 Å². The topological polar surface area (TPSA) is 214 Å². The number of ether oxygens (including phenoxy) is 2. The minimum atomic E-state index is -1.73. The SMILES string of the molecule is C=Cc1c(C)c2cc3nc(c(CC(=O)N[C@@H](CC(=O)O)C(=O)O)c4nc(cc5[nH]c(cc1[nH]2)c(C)c5CC)C(C)=C4C(=O)OC)[C@@H](CCC(=O)OC)[C@@H]3C. The van der Waals surface area contributed by atoms with E-state index in [-0.39, 0.29) is 35.6 Å². The number of carbonyl (C=O) groups excluding carboxylic acids is 3. The Hall–Kier alpha value is -6.05. The number of hydrogen-bond donors (Lipinski definition) is 5. The Labute approximate surface area is 311 Å². The van der Waals surface area contributed by atoms with E-state index in [4.69, 9.17) is 19.4 Å². The summed E-state index contributed by atoms with van der Waals surface area (Å²) in [5.74, 6) is -5.74. The number of allylic oxidation sites excluding steroid dienone is 1. The van der Waals surface area contributed by atoms with Gasteiger partial charge in [0.1, 0.15) is 6.04 Å². The van der Waals surface area contributed by atoms with E-state index in [2.05, 4.69) is 21.9 Å². The van der Waals surface area contributed by atoms with Crippen LogP contribution in [-0.4, -0.2) is 80.2 Å². The van der Waals surface area contributed by atoms with E-state index in [1.165, 1.54) is 14.2 Å². The number of aliphatic carboxylic acids is 2. The summed E-state index contributed by atoms with van der Waals surface area (Å²) in [6, 6.07) is 4.05. The number of hydrogen-bond acceptors (Lipinski definition) is 9. The molecule has 8 bridgehead atoms. The van der Waals surface area contributed by atoms with Crippen molar-refractivity contribution < 1.29 is 43.7 Å². The summed E-state index contributed by atoms with van der Waals surface area (Å²) in [5, 5.41) is 21.4. The number of esters is 2. The Morgan fingerprint density at radius 1 is 0.944 bits per heavy atom. The minimum Gasteiger partial charge on any atom is -0.481 e. The van der Waals surface area contributed by atoms with Crippen LogP contribution in [0.1, 0.15) is 102 Å². The number of nitrogens with one attached hydrogen (secondary N) is 3. The number of carboxylic acid groups (broad SMARTS) is 2. The zero-order chi connectivity index (χ0) is 39.6. The molecule has 14 heteroatoms. The smallest absolute Gasteiger partial charge is 0.340 e. The molecule has 5 heterocycles. The highest BCUT2D eigenvalue weighted by Crippen LogP contribution is 2.44. The van der Waals surface area contributed by atoms with Crippen LogP contribution < -0.4 is 5.32 Å². The maximum absolute atomic E-state index is 13.8. The molecule has 3 aromatic heterocycles. The molecule has 0 aliphatic carbocycles. The van der Waals surface area contributed by atoms with Gasteiger partial charge in [0.15, 0.2) is 0 Å². The van der Waals surface area contributed by atoms with Gasteiger partial charge in [0.25, 0.3) is 0 Å². The average molecular weight is 740 g/mol. The summed E-state index contributed by atoms with van der Waals surface area (Å²) in [6.45, 7) is 13.8. The molecule has 1 amide bonds. The number of nitrogens with zero attached hydrogens (tertiary/aromatic N) is 2. The lowest BCUT2D eigenvalue weighted by molar-refractivity contribution is -0.147. The highest BCUT2D eigenvalue weighted by atomic mass is 16.5. The van der Waals surface area contributed by atoms with Crippen LogP contribution in [0.4, 0.5) is 0 Å². The van der Waals surface area contributed by atoms with Crippen LogP contribution in [0, 0.1) is 13.8 Å². The van der Waals surface area contributed by atoms with Crippen molar-refractivity contribution in [2.75, 3.05) is 14.2 Å². The van der Waals surface area contributed by atoms with Gasteiger partial charge in [-0.3, -0.25) is 19.4 Å². The van der Waals surface area contributed by atoms with Crippen LogP contribution in [0.3, 0.4) is 0 Å². The molecule has 0 fully saturated rings. The summed E-state index contributed by atoms with van der Waals surface area (Å²) in [6.07, 6.45) is 1.36. The first-order valence-electron chi connectivity index (χ1n) is 17.6. The van der Waals surface area contributed by atoms with Gasteiger partial charge in [0, 0.05) is 57.1 Å². The van der Waals surface area contributed by atoms with Gasteiger partial charge in [-0.1, -0.05) is 26.5 Å². The van der Waals surface area contributed by atoms with E-state index in [1.54, 1.807) is 13.0 Å². The Balaban J connectivity index is 1.96. The standard InChI is InChI=1S/C40H45N5O9/c1-9-22-18(3)26-14-28-20(5)24(11-12-35(49)53-7)37(44-28)25(13-33(46)43-32(39(50)51)17-34(47)48)38-36(40(52)54-8)21(6)29(45-38)16-31-23(10-2)19(4)27(42-31)15-30(22)41-26/h9,14-16,20,24,32,41-42H,1,10-13,17H2,2-8H3,(H,43,46)(H,47,48)(H,50,51)/t20-,24-,32-/m0/s1. The first kappa shape index (κ1) is 39.2. The fraction of sp³-hybridized carbons (Fsp3) is 0.375. The Bertz CT molecular complexity index is 2280. The van der Waals surface area contributed by atoms with Crippen LogP contribution in [-0.2, 0) is 46.3 Å². The fourth-order valence-corrected chi connectivity index (χ4v) is 7.34. The summed E-state index contributed by atoms with van der Waals surface area (Å²) < 4.78 is 10.2. The molecule has 0 aromatic carbocycles. The maximum atomic E-state index is 13.8. The number of carbonyl (C=O) groups is 5. The summed E-state index contributed by atoms with van der Waals surface area (Å²) in [5.41, 5.74) is 9.38. The van der Waals surface area contributed by atoms with Gasteiger partial charge in [-0.05, 0) is 74.1 Å². The molecule has 5 N–H and O–H groups in total. The van der Waals surface area contributed by atoms with Gasteiger partial charge < -0.3 is 35.0 Å². The van der Waals surface area contributed by atoms with E-state index in [0.29, 0.717) is 29.1 Å². The summed E-state index contributed by atoms with van der Waals surface area (Å²) >= 11 is 0. The van der Waals surface area contributed by atoms with Gasteiger partial charge in [-0.15, -0.1) is 0 Å².